The molecule has 1 aliphatic carbocycles. The number of aromatic carboxylic acids is 1. The lowest BCUT2D eigenvalue weighted by Gasteiger charge is -2.13. The van der Waals surface area contributed by atoms with E-state index in [1.54, 1.807) is 22.8 Å². The van der Waals surface area contributed by atoms with Crippen LogP contribution in [0.5, 0.6) is 0 Å². The third-order valence-electron chi connectivity index (χ3n) is 3.84. The van der Waals surface area contributed by atoms with Crippen LogP contribution in [0, 0.1) is 0 Å². The Balaban J connectivity index is 0.00000156. The molecule has 0 aromatic carbocycles. The van der Waals surface area contributed by atoms with E-state index in [9.17, 15) is 9.90 Å². The molecule has 1 aliphatic rings. The number of halogens is 2. The van der Waals surface area contributed by atoms with Gasteiger partial charge in [-0.3, -0.25) is 4.68 Å². The van der Waals surface area contributed by atoms with Crippen LogP contribution in [0.15, 0.2) is 18.9 Å². The average Bonchev–Trinajstić information content (AvgIpc) is 3.11. The number of hydrogen-bond donors (Lipinski definition) is 2. The highest BCUT2D eigenvalue weighted by Gasteiger charge is 2.30. The lowest BCUT2D eigenvalue weighted by atomic mass is 9.94. The van der Waals surface area contributed by atoms with E-state index in [1.807, 2.05) is 10.2 Å². The Bertz CT molecular complexity index is 759. The third kappa shape index (κ3) is 4.03. The number of fused-ring (bicyclic) bond motifs is 3. The van der Waals surface area contributed by atoms with Gasteiger partial charge in [-0.15, -0.1) is 31.4 Å². The summed E-state index contributed by atoms with van der Waals surface area (Å²) in [5.41, 5.74) is 9.38. The molecule has 0 bridgehead atoms. The number of carbonyl (C=O) groups is 1. The Kier molecular flexibility index (Phi) is 8.01. The SMILES string of the molecule is C=CCSn1ncc2c1CCc1c-2nn(CCCN)c1C(=O)O.Cl.Cl. The zero-order chi connectivity index (χ0) is 16.4. The molecule has 0 saturated carbocycles. The van der Waals surface area contributed by atoms with E-state index in [2.05, 4.69) is 16.8 Å². The van der Waals surface area contributed by atoms with Crippen molar-refractivity contribution < 1.29 is 9.90 Å². The molecule has 7 nitrogen and oxygen atoms in total. The molecule has 3 N–H and O–H groups in total. The number of carboxylic acids is 1. The first-order valence-corrected chi connectivity index (χ1v) is 8.46. The van der Waals surface area contributed by atoms with Gasteiger partial charge in [0.05, 0.1) is 17.6 Å². The van der Waals surface area contributed by atoms with Gasteiger partial charge in [-0.05, 0) is 37.8 Å². The summed E-state index contributed by atoms with van der Waals surface area (Å²) < 4.78 is 3.46. The maximum atomic E-state index is 11.6. The molecule has 0 spiro atoms. The Morgan fingerprint density at radius 3 is 2.84 bits per heavy atom. The fourth-order valence-electron chi connectivity index (χ4n) is 2.86. The molecular weight excluding hydrogens is 385 g/mol. The highest BCUT2D eigenvalue weighted by molar-refractivity contribution is 7.97. The van der Waals surface area contributed by atoms with Crippen LogP contribution in [-0.4, -0.2) is 42.3 Å². The van der Waals surface area contributed by atoms with Gasteiger partial charge in [0.1, 0.15) is 5.69 Å². The molecule has 0 saturated heterocycles. The van der Waals surface area contributed by atoms with Crippen molar-refractivity contribution in [2.24, 2.45) is 5.73 Å². The summed E-state index contributed by atoms with van der Waals surface area (Å²) in [6, 6.07) is 0. The lowest BCUT2D eigenvalue weighted by Crippen LogP contribution is -2.14. The fourth-order valence-corrected chi connectivity index (χ4v) is 3.56. The molecule has 0 fully saturated rings. The third-order valence-corrected chi connectivity index (χ3v) is 4.79. The minimum Gasteiger partial charge on any atom is -0.477 e. The number of aromatic nitrogens is 4. The lowest BCUT2D eigenvalue weighted by molar-refractivity contribution is 0.0681. The molecule has 0 unspecified atom stereocenters. The van der Waals surface area contributed by atoms with Crippen molar-refractivity contribution in [1.29, 1.82) is 0 Å². The molecule has 2 aromatic rings. The Morgan fingerprint density at radius 2 is 2.20 bits per heavy atom. The van der Waals surface area contributed by atoms with Crippen molar-refractivity contribution in [3.63, 3.8) is 0 Å². The zero-order valence-corrected chi connectivity index (χ0v) is 16.0. The molecule has 0 aliphatic heterocycles. The first-order chi connectivity index (χ1) is 11.2. The highest BCUT2D eigenvalue weighted by Crippen LogP contribution is 2.35. The van der Waals surface area contributed by atoms with Crippen molar-refractivity contribution >= 4 is 42.7 Å². The minimum atomic E-state index is -0.937. The van der Waals surface area contributed by atoms with Crippen LogP contribution in [-0.2, 0) is 19.4 Å². The van der Waals surface area contributed by atoms with Crippen LogP contribution >= 0.6 is 36.8 Å². The summed E-state index contributed by atoms with van der Waals surface area (Å²) in [5, 5.41) is 18.5. The summed E-state index contributed by atoms with van der Waals surface area (Å²) in [5.74, 6) is -0.167. The fraction of sp³-hybridized carbons (Fsp3) is 0.400. The number of carboxylic acid groups (broad SMARTS) is 1. The monoisotopic (exact) mass is 405 g/mol. The van der Waals surface area contributed by atoms with Crippen molar-refractivity contribution in [1.82, 2.24) is 19.0 Å². The van der Waals surface area contributed by atoms with E-state index < -0.39 is 5.97 Å². The zero-order valence-electron chi connectivity index (χ0n) is 13.6. The van der Waals surface area contributed by atoms with Gasteiger partial charge in [0, 0.05) is 23.4 Å². The van der Waals surface area contributed by atoms with Gasteiger partial charge in [-0.25, -0.2) is 8.88 Å². The van der Waals surface area contributed by atoms with E-state index in [1.165, 1.54) is 0 Å². The van der Waals surface area contributed by atoms with Gasteiger partial charge in [0.25, 0.3) is 0 Å². The molecule has 2 aromatic heterocycles. The Morgan fingerprint density at radius 1 is 1.44 bits per heavy atom. The quantitative estimate of drug-likeness (QED) is 0.686. The second-order valence-electron chi connectivity index (χ2n) is 5.31. The highest BCUT2D eigenvalue weighted by atomic mass is 35.5. The summed E-state index contributed by atoms with van der Waals surface area (Å²) in [6.45, 7) is 4.74. The van der Waals surface area contributed by atoms with Gasteiger partial charge in [-0.1, -0.05) is 6.08 Å². The van der Waals surface area contributed by atoms with Crippen LogP contribution in [0.1, 0.15) is 28.2 Å². The summed E-state index contributed by atoms with van der Waals surface area (Å²) in [6.07, 6.45) is 5.72. The van der Waals surface area contributed by atoms with E-state index in [-0.39, 0.29) is 30.5 Å². The van der Waals surface area contributed by atoms with Gasteiger partial charge in [0.15, 0.2) is 0 Å². The van der Waals surface area contributed by atoms with Gasteiger partial charge in [-0.2, -0.15) is 10.2 Å². The Labute approximate surface area is 162 Å². The van der Waals surface area contributed by atoms with E-state index in [4.69, 9.17) is 5.73 Å². The number of nitrogens with two attached hydrogens (primary N) is 1. The van der Waals surface area contributed by atoms with Crippen molar-refractivity contribution in [2.45, 2.75) is 25.8 Å². The predicted octanol–water partition coefficient (Wildman–Crippen LogP) is 2.42. The number of rotatable bonds is 7. The maximum Gasteiger partial charge on any atom is 0.354 e. The van der Waals surface area contributed by atoms with E-state index in [0.29, 0.717) is 25.9 Å². The van der Waals surface area contributed by atoms with Gasteiger partial charge in [0.2, 0.25) is 0 Å². The second kappa shape index (κ2) is 9.28. The van der Waals surface area contributed by atoms with Gasteiger partial charge >= 0.3 is 5.97 Å². The predicted molar refractivity (Wildman–Crippen MR) is 104 cm³/mol. The summed E-state index contributed by atoms with van der Waals surface area (Å²) >= 11 is 1.57. The molecule has 138 valence electrons. The topological polar surface area (TPSA) is 99.0 Å². The normalized spacial score (nSPS) is 11.7. The molecule has 2 heterocycles. The molecule has 10 heteroatoms. The number of nitrogens with zero attached hydrogens (tertiary/aromatic N) is 4. The maximum absolute atomic E-state index is 11.6. The van der Waals surface area contributed by atoms with Crippen LogP contribution < -0.4 is 5.73 Å². The van der Waals surface area contributed by atoms with Crippen LogP contribution in [0.25, 0.3) is 11.3 Å². The second-order valence-corrected chi connectivity index (χ2v) is 6.25. The standard InChI is InChI=1S/C15H19N5O2S.2ClH/c1-2-8-23-20-12-5-4-10-13(11(12)9-17-20)18-19(7-3-6-16)14(10)15(21)22;;/h2,9H,1,3-8,16H2,(H,21,22);2*1H. The molecular formula is C15H21Cl2N5O2S. The summed E-state index contributed by atoms with van der Waals surface area (Å²) in [4.78, 5) is 11.6. The van der Waals surface area contributed by atoms with Crippen molar-refractivity contribution in [2.75, 3.05) is 12.3 Å². The largest absolute Gasteiger partial charge is 0.477 e. The van der Waals surface area contributed by atoms with Crippen LogP contribution in [0.2, 0.25) is 0 Å². The van der Waals surface area contributed by atoms with Crippen LogP contribution in [0.4, 0.5) is 0 Å². The van der Waals surface area contributed by atoms with E-state index >= 15 is 0 Å². The first-order valence-electron chi connectivity index (χ1n) is 7.51. The number of aryl methyl sites for hydroxylation is 1. The van der Waals surface area contributed by atoms with Crippen LogP contribution in [0.3, 0.4) is 0 Å². The van der Waals surface area contributed by atoms with Crippen molar-refractivity contribution in [3.8, 4) is 11.3 Å². The number of hydrogen-bond acceptors (Lipinski definition) is 5. The summed E-state index contributed by atoms with van der Waals surface area (Å²) in [7, 11) is 0. The molecule has 25 heavy (non-hydrogen) atoms. The van der Waals surface area contributed by atoms with Gasteiger partial charge < -0.3 is 10.8 Å². The molecule has 0 atom stereocenters. The van der Waals surface area contributed by atoms with Crippen molar-refractivity contribution in [3.05, 3.63) is 35.8 Å². The van der Waals surface area contributed by atoms with E-state index in [0.717, 1.165) is 34.7 Å². The minimum absolute atomic E-state index is 0. The molecule has 0 radical (unpaired) electrons. The first kappa shape index (κ1) is 21.6. The Hall–Kier alpha value is -1.48. The molecule has 0 amide bonds. The smallest absolute Gasteiger partial charge is 0.354 e. The average molecular weight is 406 g/mol. The molecule has 3 rings (SSSR count).